The number of amides is 1. The second-order valence-corrected chi connectivity index (χ2v) is 7.09. The van der Waals surface area contributed by atoms with Crippen molar-refractivity contribution >= 4 is 23.3 Å². The number of nitrogens with zero attached hydrogens (tertiary/aromatic N) is 1. The molecule has 0 bridgehead atoms. The number of aryl methyl sites for hydroxylation is 3. The molecule has 1 aliphatic rings. The minimum atomic E-state index is -0.553. The van der Waals surface area contributed by atoms with E-state index in [1.54, 1.807) is 17.0 Å². The van der Waals surface area contributed by atoms with Crippen LogP contribution in [0, 0.1) is 26.7 Å². The Labute approximate surface area is 158 Å². The van der Waals surface area contributed by atoms with Gasteiger partial charge in [-0.1, -0.05) is 42.0 Å². The van der Waals surface area contributed by atoms with Crippen molar-refractivity contribution in [2.24, 2.45) is 5.92 Å². The average molecular weight is 365 g/mol. The summed E-state index contributed by atoms with van der Waals surface area (Å²) in [6.07, 6.45) is 0.102. The molecule has 1 atom stereocenters. The zero-order valence-corrected chi connectivity index (χ0v) is 15.8. The molecule has 0 saturated carbocycles. The van der Waals surface area contributed by atoms with Crippen LogP contribution in [0.2, 0.25) is 0 Å². The number of rotatable bonds is 5. The van der Waals surface area contributed by atoms with Gasteiger partial charge < -0.3 is 9.64 Å². The van der Waals surface area contributed by atoms with Crippen molar-refractivity contribution in [1.82, 2.24) is 0 Å². The Balaban J connectivity index is 1.61. The van der Waals surface area contributed by atoms with E-state index in [2.05, 4.69) is 0 Å². The normalized spacial score (nSPS) is 16.5. The molecule has 5 heteroatoms. The van der Waals surface area contributed by atoms with Crippen LogP contribution in [0.1, 0.15) is 33.5 Å². The van der Waals surface area contributed by atoms with E-state index >= 15 is 0 Å². The lowest BCUT2D eigenvalue weighted by Crippen LogP contribution is -2.27. The predicted molar refractivity (Wildman–Crippen MR) is 103 cm³/mol. The van der Waals surface area contributed by atoms with Crippen molar-refractivity contribution in [3.05, 3.63) is 64.7 Å². The van der Waals surface area contributed by atoms with E-state index in [0.29, 0.717) is 5.56 Å². The second kappa shape index (κ2) is 7.74. The maximum Gasteiger partial charge on any atom is 0.311 e. The Kier molecular flexibility index (Phi) is 5.40. The van der Waals surface area contributed by atoms with Crippen LogP contribution in [-0.2, 0) is 14.3 Å². The molecule has 2 aromatic rings. The monoisotopic (exact) mass is 365 g/mol. The molecule has 1 amide bonds. The fourth-order valence-electron chi connectivity index (χ4n) is 3.19. The summed E-state index contributed by atoms with van der Waals surface area (Å²) in [6, 6.07) is 13.0. The number of ether oxygens (including phenoxy) is 1. The van der Waals surface area contributed by atoms with Gasteiger partial charge >= 0.3 is 5.97 Å². The highest BCUT2D eigenvalue weighted by Crippen LogP contribution is 2.29. The number of ketones is 1. The molecule has 1 heterocycles. The third-order valence-corrected chi connectivity index (χ3v) is 4.83. The molecule has 0 N–H and O–H groups in total. The van der Waals surface area contributed by atoms with Crippen LogP contribution in [0.4, 0.5) is 5.69 Å². The molecule has 5 nitrogen and oxygen atoms in total. The Hall–Kier alpha value is -2.95. The molecule has 0 aliphatic carbocycles. The number of benzene rings is 2. The molecule has 0 aromatic heterocycles. The van der Waals surface area contributed by atoms with Crippen LogP contribution in [0.5, 0.6) is 0 Å². The molecule has 1 saturated heterocycles. The van der Waals surface area contributed by atoms with E-state index in [1.807, 2.05) is 51.1 Å². The summed E-state index contributed by atoms with van der Waals surface area (Å²) < 4.78 is 5.19. The third kappa shape index (κ3) is 4.25. The Morgan fingerprint density at radius 2 is 1.70 bits per heavy atom. The van der Waals surface area contributed by atoms with Gasteiger partial charge in [-0.25, -0.2) is 0 Å². The number of carbonyl (C=O) groups is 3. The first kappa shape index (κ1) is 18.8. The SMILES string of the molecule is Cc1ccc(C(=O)COC(=O)[C@H]2CC(=O)N(c3cc(C)ccc3C)C2)cc1. The van der Waals surface area contributed by atoms with Crippen LogP contribution in [0.3, 0.4) is 0 Å². The zero-order chi connectivity index (χ0) is 19.6. The van der Waals surface area contributed by atoms with Crippen molar-refractivity contribution in [3.8, 4) is 0 Å². The summed E-state index contributed by atoms with van der Waals surface area (Å²) in [5.74, 6) is -1.41. The van der Waals surface area contributed by atoms with Crippen molar-refractivity contribution in [2.45, 2.75) is 27.2 Å². The number of carbonyl (C=O) groups excluding carboxylic acids is 3. The van der Waals surface area contributed by atoms with Crippen LogP contribution < -0.4 is 4.90 Å². The summed E-state index contributed by atoms with van der Waals surface area (Å²) >= 11 is 0. The number of esters is 1. The maximum absolute atomic E-state index is 12.4. The van der Waals surface area contributed by atoms with Gasteiger partial charge in [0.2, 0.25) is 5.91 Å². The second-order valence-electron chi connectivity index (χ2n) is 7.09. The van der Waals surface area contributed by atoms with E-state index in [9.17, 15) is 14.4 Å². The summed E-state index contributed by atoms with van der Waals surface area (Å²) in [5, 5.41) is 0. The first-order valence-corrected chi connectivity index (χ1v) is 8.99. The number of Topliss-reactive ketones (excluding diaryl/α,β-unsaturated/α-hetero) is 1. The molecule has 2 aromatic carbocycles. The van der Waals surface area contributed by atoms with Crippen LogP contribution in [-0.4, -0.2) is 30.8 Å². The van der Waals surface area contributed by atoms with E-state index in [1.165, 1.54) is 0 Å². The molecule has 0 spiro atoms. The molecule has 1 fully saturated rings. The van der Waals surface area contributed by atoms with Gasteiger partial charge in [-0.3, -0.25) is 14.4 Å². The molecule has 0 unspecified atom stereocenters. The van der Waals surface area contributed by atoms with Crippen molar-refractivity contribution in [2.75, 3.05) is 18.1 Å². The lowest BCUT2D eigenvalue weighted by molar-refractivity contribution is -0.147. The van der Waals surface area contributed by atoms with E-state index in [-0.39, 0.29) is 31.3 Å². The Morgan fingerprint density at radius 3 is 2.41 bits per heavy atom. The fourth-order valence-corrected chi connectivity index (χ4v) is 3.19. The van der Waals surface area contributed by atoms with Gasteiger partial charge in [-0.2, -0.15) is 0 Å². The lowest BCUT2D eigenvalue weighted by Gasteiger charge is -2.19. The summed E-state index contributed by atoms with van der Waals surface area (Å²) in [4.78, 5) is 38.5. The maximum atomic E-state index is 12.4. The highest BCUT2D eigenvalue weighted by atomic mass is 16.5. The third-order valence-electron chi connectivity index (χ3n) is 4.83. The van der Waals surface area contributed by atoms with Crippen LogP contribution in [0.25, 0.3) is 0 Å². The van der Waals surface area contributed by atoms with E-state index in [4.69, 9.17) is 4.74 Å². The Bertz CT molecular complexity index is 886. The van der Waals surface area contributed by atoms with Crippen LogP contribution >= 0.6 is 0 Å². The van der Waals surface area contributed by atoms with E-state index < -0.39 is 11.9 Å². The van der Waals surface area contributed by atoms with Gasteiger partial charge in [0.25, 0.3) is 0 Å². The zero-order valence-electron chi connectivity index (χ0n) is 15.8. The van der Waals surface area contributed by atoms with Gasteiger partial charge in [-0.15, -0.1) is 0 Å². The van der Waals surface area contributed by atoms with Gasteiger partial charge in [-0.05, 0) is 38.0 Å². The van der Waals surface area contributed by atoms with Crippen molar-refractivity contribution in [3.63, 3.8) is 0 Å². The van der Waals surface area contributed by atoms with Gasteiger partial charge in [0, 0.05) is 24.2 Å². The molecule has 3 rings (SSSR count). The fraction of sp³-hybridized carbons (Fsp3) is 0.318. The minimum absolute atomic E-state index is 0.101. The lowest BCUT2D eigenvalue weighted by atomic mass is 10.1. The van der Waals surface area contributed by atoms with Gasteiger partial charge in [0.1, 0.15) is 0 Å². The molecular weight excluding hydrogens is 342 g/mol. The highest BCUT2D eigenvalue weighted by Gasteiger charge is 2.36. The molecule has 140 valence electrons. The predicted octanol–water partition coefficient (Wildman–Crippen LogP) is 3.39. The number of hydrogen-bond acceptors (Lipinski definition) is 4. The van der Waals surface area contributed by atoms with Crippen molar-refractivity contribution in [1.29, 1.82) is 0 Å². The van der Waals surface area contributed by atoms with Crippen molar-refractivity contribution < 1.29 is 19.1 Å². The number of hydrogen-bond donors (Lipinski definition) is 0. The smallest absolute Gasteiger partial charge is 0.311 e. The Morgan fingerprint density at radius 1 is 1.04 bits per heavy atom. The molecule has 1 aliphatic heterocycles. The first-order valence-electron chi connectivity index (χ1n) is 8.99. The quantitative estimate of drug-likeness (QED) is 0.602. The summed E-state index contributed by atoms with van der Waals surface area (Å²) in [6.45, 7) is 5.81. The molecular formula is C22H23NO4. The standard InChI is InChI=1S/C22H23NO4/c1-14-5-8-17(9-6-14)20(24)13-27-22(26)18-11-21(25)23(12-18)19-10-15(2)4-7-16(19)3/h4-10,18H,11-13H2,1-3H3/t18-/m0/s1. The molecule has 0 radical (unpaired) electrons. The highest BCUT2D eigenvalue weighted by molar-refractivity contribution is 6.01. The summed E-state index contributed by atoms with van der Waals surface area (Å²) in [7, 11) is 0. The first-order chi connectivity index (χ1) is 12.8. The topological polar surface area (TPSA) is 63.7 Å². The van der Waals surface area contributed by atoms with Gasteiger partial charge in [0.05, 0.1) is 5.92 Å². The van der Waals surface area contributed by atoms with Gasteiger partial charge in [0.15, 0.2) is 12.4 Å². The molecule has 27 heavy (non-hydrogen) atoms. The minimum Gasteiger partial charge on any atom is -0.457 e. The number of anilines is 1. The van der Waals surface area contributed by atoms with E-state index in [0.717, 1.165) is 22.4 Å². The average Bonchev–Trinajstić information content (AvgIpc) is 3.03. The largest absolute Gasteiger partial charge is 0.457 e. The van der Waals surface area contributed by atoms with Crippen LogP contribution in [0.15, 0.2) is 42.5 Å². The summed E-state index contributed by atoms with van der Waals surface area (Å²) in [5.41, 5.74) is 4.43.